The first-order chi connectivity index (χ1) is 8.97. The van der Waals surface area contributed by atoms with Crippen LogP contribution in [0.3, 0.4) is 0 Å². The molecule has 7 heteroatoms. The monoisotopic (exact) mass is 277 g/mol. The third kappa shape index (κ3) is 10.4. The van der Waals surface area contributed by atoms with Crippen LogP contribution in [0.25, 0.3) is 0 Å². The molecule has 0 bridgehead atoms. The number of nitrogens with one attached hydrogen (secondary N) is 1. The predicted octanol–water partition coefficient (Wildman–Crippen LogP) is -0.192. The fourth-order valence-corrected chi connectivity index (χ4v) is 1.85. The van der Waals surface area contributed by atoms with Crippen LogP contribution in [0.4, 0.5) is 0 Å². The van der Waals surface area contributed by atoms with Gasteiger partial charge >= 0.3 is 11.9 Å². The van der Waals surface area contributed by atoms with Crippen LogP contribution in [-0.2, 0) is 9.59 Å². The van der Waals surface area contributed by atoms with Crippen LogP contribution in [0, 0.1) is 0 Å². The summed E-state index contributed by atoms with van der Waals surface area (Å²) in [5.74, 6) is -3.65. The zero-order chi connectivity index (χ0) is 14.7. The van der Waals surface area contributed by atoms with E-state index >= 15 is 0 Å². The first-order valence-corrected chi connectivity index (χ1v) is 6.46. The highest BCUT2D eigenvalue weighted by Crippen LogP contribution is 2.16. The third-order valence-corrected chi connectivity index (χ3v) is 2.89. The van der Waals surface area contributed by atoms with Gasteiger partial charge in [0.05, 0.1) is 12.7 Å². The number of aliphatic carboxylic acids is 2. The van der Waals surface area contributed by atoms with E-state index in [0.29, 0.717) is 12.6 Å². The van der Waals surface area contributed by atoms with Crippen molar-refractivity contribution in [2.24, 2.45) is 0 Å². The Balaban J connectivity index is 0.000000459. The molecule has 1 saturated carbocycles. The normalized spacial score (nSPS) is 17.8. The summed E-state index contributed by atoms with van der Waals surface area (Å²) in [7, 11) is 0. The second-order valence-corrected chi connectivity index (χ2v) is 4.54. The van der Waals surface area contributed by atoms with E-state index in [1.165, 1.54) is 38.5 Å². The van der Waals surface area contributed by atoms with Crippen molar-refractivity contribution in [1.29, 1.82) is 0 Å². The minimum absolute atomic E-state index is 0.139. The van der Waals surface area contributed by atoms with Gasteiger partial charge in [-0.25, -0.2) is 9.59 Å². The van der Waals surface area contributed by atoms with Gasteiger partial charge in [-0.05, 0) is 12.8 Å². The molecule has 1 fully saturated rings. The lowest BCUT2D eigenvalue weighted by atomic mass is 10.1. The number of aliphatic hydroxyl groups is 2. The number of hydrogen-bond donors (Lipinski definition) is 5. The standard InChI is InChI=1S/C10H21NO2.C2H2O4/c12-8-10(13)7-11-9-5-3-1-2-4-6-9;3-1(4)2(5)6/h9-13H,1-8H2;(H,3,4)(H,5,6). The molecule has 0 spiro atoms. The van der Waals surface area contributed by atoms with Crippen LogP contribution in [0.5, 0.6) is 0 Å². The molecule has 0 aromatic heterocycles. The number of aliphatic hydroxyl groups excluding tert-OH is 2. The Bertz CT molecular complexity index is 251. The maximum atomic E-state index is 9.15. The van der Waals surface area contributed by atoms with E-state index in [-0.39, 0.29) is 6.61 Å². The molecule has 1 atom stereocenters. The Kier molecular flexibility index (Phi) is 10.1. The van der Waals surface area contributed by atoms with Crippen molar-refractivity contribution >= 4 is 11.9 Å². The van der Waals surface area contributed by atoms with Crippen LogP contribution < -0.4 is 5.32 Å². The molecule has 5 N–H and O–H groups in total. The van der Waals surface area contributed by atoms with Crippen molar-refractivity contribution < 1.29 is 30.0 Å². The lowest BCUT2D eigenvalue weighted by molar-refractivity contribution is -0.159. The van der Waals surface area contributed by atoms with Crippen molar-refractivity contribution in [2.75, 3.05) is 13.2 Å². The maximum Gasteiger partial charge on any atom is 0.414 e. The zero-order valence-electron chi connectivity index (χ0n) is 10.9. The SMILES string of the molecule is O=C(O)C(=O)O.OCC(O)CNC1CCCCCC1. The topological polar surface area (TPSA) is 127 Å². The molecular weight excluding hydrogens is 254 g/mol. The lowest BCUT2D eigenvalue weighted by Crippen LogP contribution is -2.36. The first kappa shape index (κ1) is 17.8. The van der Waals surface area contributed by atoms with Gasteiger partial charge in [-0.2, -0.15) is 0 Å². The van der Waals surface area contributed by atoms with Crippen molar-refractivity contribution in [3.8, 4) is 0 Å². The zero-order valence-corrected chi connectivity index (χ0v) is 10.9. The molecule has 0 amide bonds. The molecule has 0 heterocycles. The molecule has 1 aliphatic rings. The van der Waals surface area contributed by atoms with Gasteiger partial charge in [0.25, 0.3) is 0 Å². The summed E-state index contributed by atoms with van der Waals surface area (Å²) < 4.78 is 0. The summed E-state index contributed by atoms with van der Waals surface area (Å²) in [6.07, 6.45) is 7.14. The minimum Gasteiger partial charge on any atom is -0.473 e. The summed E-state index contributed by atoms with van der Waals surface area (Å²) >= 11 is 0. The number of carboxylic acids is 2. The fourth-order valence-electron chi connectivity index (χ4n) is 1.85. The highest BCUT2D eigenvalue weighted by Gasteiger charge is 2.12. The highest BCUT2D eigenvalue weighted by atomic mass is 16.4. The summed E-state index contributed by atoms with van der Waals surface area (Å²) in [6.45, 7) is 0.390. The Hall–Kier alpha value is -1.18. The Morgan fingerprint density at radius 1 is 1.05 bits per heavy atom. The summed E-state index contributed by atoms with van der Waals surface area (Å²) in [5, 5.41) is 35.9. The fraction of sp³-hybridized carbons (Fsp3) is 0.833. The number of carboxylic acid groups (broad SMARTS) is 2. The molecule has 1 unspecified atom stereocenters. The summed E-state index contributed by atoms with van der Waals surface area (Å²) in [4.78, 5) is 18.2. The largest absolute Gasteiger partial charge is 0.473 e. The van der Waals surface area contributed by atoms with E-state index < -0.39 is 18.0 Å². The summed E-state index contributed by atoms with van der Waals surface area (Å²) in [5.41, 5.74) is 0. The Labute approximate surface area is 112 Å². The molecule has 0 aromatic rings. The number of carbonyl (C=O) groups is 2. The molecule has 0 saturated heterocycles. The van der Waals surface area contributed by atoms with E-state index in [2.05, 4.69) is 5.32 Å². The van der Waals surface area contributed by atoms with E-state index in [0.717, 1.165) is 0 Å². The molecule has 19 heavy (non-hydrogen) atoms. The van der Waals surface area contributed by atoms with Crippen molar-refractivity contribution in [1.82, 2.24) is 5.32 Å². The molecule has 0 aliphatic heterocycles. The predicted molar refractivity (Wildman–Crippen MR) is 67.9 cm³/mol. The quantitative estimate of drug-likeness (QED) is 0.356. The van der Waals surface area contributed by atoms with Gasteiger partial charge in [0, 0.05) is 12.6 Å². The second-order valence-electron chi connectivity index (χ2n) is 4.54. The van der Waals surface area contributed by atoms with E-state index in [9.17, 15) is 0 Å². The molecule has 1 aliphatic carbocycles. The second kappa shape index (κ2) is 10.7. The average Bonchev–Trinajstić information content (AvgIpc) is 2.65. The number of rotatable bonds is 4. The lowest BCUT2D eigenvalue weighted by Gasteiger charge is -2.17. The first-order valence-electron chi connectivity index (χ1n) is 6.46. The van der Waals surface area contributed by atoms with Gasteiger partial charge in [0.15, 0.2) is 0 Å². The summed E-state index contributed by atoms with van der Waals surface area (Å²) in [6, 6.07) is 0.559. The van der Waals surface area contributed by atoms with Crippen LogP contribution in [0.2, 0.25) is 0 Å². The van der Waals surface area contributed by atoms with Crippen LogP contribution in [0.1, 0.15) is 38.5 Å². The van der Waals surface area contributed by atoms with E-state index in [4.69, 9.17) is 30.0 Å². The van der Waals surface area contributed by atoms with Gasteiger partial charge in [-0.1, -0.05) is 25.7 Å². The molecule has 0 aromatic carbocycles. The van der Waals surface area contributed by atoms with Crippen molar-refractivity contribution in [2.45, 2.75) is 50.7 Å². The Morgan fingerprint density at radius 2 is 1.53 bits per heavy atom. The van der Waals surface area contributed by atoms with Crippen LogP contribution >= 0.6 is 0 Å². The number of hydrogen-bond acceptors (Lipinski definition) is 5. The van der Waals surface area contributed by atoms with Gasteiger partial charge in [0.1, 0.15) is 0 Å². The van der Waals surface area contributed by atoms with E-state index in [1.807, 2.05) is 0 Å². The molecule has 0 radical (unpaired) electrons. The molecule has 1 rings (SSSR count). The van der Waals surface area contributed by atoms with Crippen LogP contribution in [-0.4, -0.2) is 57.7 Å². The van der Waals surface area contributed by atoms with Crippen molar-refractivity contribution in [3.05, 3.63) is 0 Å². The third-order valence-electron chi connectivity index (χ3n) is 2.89. The smallest absolute Gasteiger partial charge is 0.414 e. The van der Waals surface area contributed by atoms with Crippen LogP contribution in [0.15, 0.2) is 0 Å². The highest BCUT2D eigenvalue weighted by molar-refractivity contribution is 6.27. The Morgan fingerprint density at radius 3 is 1.89 bits per heavy atom. The van der Waals surface area contributed by atoms with Gasteiger partial charge in [-0.15, -0.1) is 0 Å². The average molecular weight is 277 g/mol. The minimum atomic E-state index is -1.82. The van der Waals surface area contributed by atoms with Crippen molar-refractivity contribution in [3.63, 3.8) is 0 Å². The molecular formula is C12H23NO6. The van der Waals surface area contributed by atoms with E-state index in [1.54, 1.807) is 0 Å². The van der Waals surface area contributed by atoms with Gasteiger partial charge in [0.2, 0.25) is 0 Å². The van der Waals surface area contributed by atoms with Gasteiger partial charge < -0.3 is 25.7 Å². The molecule has 7 nitrogen and oxygen atoms in total. The molecule has 112 valence electrons. The maximum absolute atomic E-state index is 9.15. The van der Waals surface area contributed by atoms with Gasteiger partial charge in [-0.3, -0.25) is 0 Å².